The molecule has 0 heterocycles. The second-order valence-corrected chi connectivity index (χ2v) is 9.99. The van der Waals surface area contributed by atoms with Crippen LogP contribution in [0.3, 0.4) is 0 Å². The maximum Gasteiger partial charge on any atom is 0.323 e. The molecule has 0 aromatic heterocycles. The minimum absolute atomic E-state index is 0.0203. The van der Waals surface area contributed by atoms with Crippen molar-refractivity contribution in [3.8, 4) is 0 Å². The van der Waals surface area contributed by atoms with Gasteiger partial charge in [0.05, 0.1) is 20.6 Å². The number of hydrogen-bond acceptors (Lipinski definition) is 8. The van der Waals surface area contributed by atoms with E-state index >= 15 is 0 Å². The molecule has 35 heavy (non-hydrogen) atoms. The van der Waals surface area contributed by atoms with E-state index in [1.54, 1.807) is 0 Å². The smallest absolute Gasteiger partial charge is 0.323 e. The van der Waals surface area contributed by atoms with Gasteiger partial charge in [-0.15, -0.1) is 0 Å². The topological polar surface area (TPSA) is 123 Å². The molecular formula is C26H47N3O6. The van der Waals surface area contributed by atoms with E-state index in [0.717, 1.165) is 12.8 Å². The molecule has 0 aromatic rings. The number of esters is 2. The zero-order valence-corrected chi connectivity index (χ0v) is 22.7. The van der Waals surface area contributed by atoms with Crippen LogP contribution in [-0.4, -0.2) is 69.6 Å². The number of nitrogens with one attached hydrogen (secondary N) is 3. The van der Waals surface area contributed by atoms with Crippen LogP contribution in [0.5, 0.6) is 0 Å². The molecule has 1 amide bonds. The summed E-state index contributed by atoms with van der Waals surface area (Å²) in [4.78, 5) is 48.7. The number of Topliss-reactive ketones (excluding diaryl/α,β-unsaturated/α-hetero) is 1. The van der Waals surface area contributed by atoms with Gasteiger partial charge in [-0.25, -0.2) is 0 Å². The summed E-state index contributed by atoms with van der Waals surface area (Å²) in [7, 11) is 2.62. The summed E-state index contributed by atoms with van der Waals surface area (Å²) in [5, 5.41) is 9.00. The highest BCUT2D eigenvalue weighted by atomic mass is 16.5. The highest BCUT2D eigenvalue weighted by Gasteiger charge is 2.24. The summed E-state index contributed by atoms with van der Waals surface area (Å²) >= 11 is 0. The maximum absolute atomic E-state index is 12.6. The van der Waals surface area contributed by atoms with Gasteiger partial charge in [0.25, 0.3) is 0 Å². The number of ether oxygens (including phenoxy) is 2. The van der Waals surface area contributed by atoms with Crippen LogP contribution in [0, 0.1) is 17.8 Å². The van der Waals surface area contributed by atoms with E-state index in [2.05, 4.69) is 22.5 Å². The maximum atomic E-state index is 12.6. The van der Waals surface area contributed by atoms with Crippen molar-refractivity contribution < 1.29 is 28.7 Å². The molecular weight excluding hydrogens is 450 g/mol. The Morgan fingerprint density at radius 3 is 1.71 bits per heavy atom. The van der Waals surface area contributed by atoms with E-state index in [1.807, 2.05) is 34.6 Å². The average Bonchev–Trinajstić information content (AvgIpc) is 2.80. The monoisotopic (exact) mass is 497 g/mol. The number of amides is 1. The van der Waals surface area contributed by atoms with Gasteiger partial charge in [-0.2, -0.15) is 0 Å². The molecule has 9 heteroatoms. The first-order chi connectivity index (χ1) is 16.4. The molecule has 202 valence electrons. The fraction of sp³-hybridized carbons (Fsp3) is 0.769. The van der Waals surface area contributed by atoms with Gasteiger partial charge in [-0.1, -0.05) is 41.2 Å². The van der Waals surface area contributed by atoms with Crippen molar-refractivity contribution in [2.45, 2.75) is 78.8 Å². The minimum atomic E-state index is -0.680. The molecule has 0 saturated heterocycles. The Balaban J connectivity index is 4.44. The lowest BCUT2D eigenvalue weighted by atomic mass is 9.93. The van der Waals surface area contributed by atoms with Crippen LogP contribution in [0.15, 0.2) is 12.2 Å². The molecule has 0 aliphatic carbocycles. The summed E-state index contributed by atoms with van der Waals surface area (Å²) in [5.74, 6) is -0.402. The molecule has 0 fully saturated rings. The van der Waals surface area contributed by atoms with Gasteiger partial charge in [0.1, 0.15) is 12.1 Å². The number of hydrogen-bond donors (Lipinski definition) is 3. The van der Waals surface area contributed by atoms with Crippen molar-refractivity contribution in [3.63, 3.8) is 0 Å². The molecule has 0 saturated carbocycles. The first-order valence-corrected chi connectivity index (χ1v) is 12.5. The average molecular weight is 498 g/mol. The quantitative estimate of drug-likeness (QED) is 0.141. The summed E-state index contributed by atoms with van der Waals surface area (Å²) < 4.78 is 9.59. The van der Waals surface area contributed by atoms with Gasteiger partial charge >= 0.3 is 11.9 Å². The Morgan fingerprint density at radius 2 is 1.26 bits per heavy atom. The molecule has 0 aromatic carbocycles. The predicted octanol–water partition coefficient (Wildman–Crippen LogP) is 2.39. The van der Waals surface area contributed by atoms with Gasteiger partial charge in [0.2, 0.25) is 5.91 Å². The molecule has 0 bridgehead atoms. The molecule has 3 unspecified atom stereocenters. The van der Waals surface area contributed by atoms with Crippen molar-refractivity contribution in [2.24, 2.45) is 17.8 Å². The fourth-order valence-electron chi connectivity index (χ4n) is 3.42. The Hall–Kier alpha value is -2.26. The summed E-state index contributed by atoms with van der Waals surface area (Å²) in [6.07, 6.45) is 2.09. The second-order valence-electron chi connectivity index (χ2n) is 9.99. The Morgan fingerprint density at radius 1 is 0.771 bits per heavy atom. The first kappa shape index (κ1) is 32.7. The molecule has 0 radical (unpaired) electrons. The van der Waals surface area contributed by atoms with Crippen molar-refractivity contribution in [3.05, 3.63) is 12.2 Å². The van der Waals surface area contributed by atoms with Gasteiger partial charge in [-0.3, -0.25) is 19.2 Å². The second kappa shape index (κ2) is 18.1. The Labute approximate surface area is 211 Å². The zero-order chi connectivity index (χ0) is 27.0. The lowest BCUT2D eigenvalue weighted by molar-refractivity contribution is -0.145. The van der Waals surface area contributed by atoms with E-state index in [-0.39, 0.29) is 30.4 Å². The fourth-order valence-corrected chi connectivity index (χ4v) is 3.42. The highest BCUT2D eigenvalue weighted by molar-refractivity contribution is 5.97. The summed E-state index contributed by atoms with van der Waals surface area (Å²) in [5.41, 5.74) is 0.485. The Bertz CT molecular complexity index is 693. The lowest BCUT2D eigenvalue weighted by Crippen LogP contribution is -2.43. The van der Waals surface area contributed by atoms with Crippen LogP contribution in [-0.2, 0) is 28.7 Å². The highest BCUT2D eigenvalue weighted by Crippen LogP contribution is 2.18. The zero-order valence-electron chi connectivity index (χ0n) is 22.7. The third-order valence-corrected chi connectivity index (χ3v) is 5.48. The SMILES string of the molecule is C=C(CC(C)CCCNC(=O)CC(NCC(C)C)C(=O)OC)C(=O)CC(NCC(C)C)C(=O)OC. The van der Waals surface area contributed by atoms with Crippen LogP contribution in [0.1, 0.15) is 66.7 Å². The molecule has 0 rings (SSSR count). The van der Waals surface area contributed by atoms with Crippen LogP contribution >= 0.6 is 0 Å². The van der Waals surface area contributed by atoms with Crippen LogP contribution in [0.4, 0.5) is 0 Å². The van der Waals surface area contributed by atoms with E-state index < -0.39 is 24.0 Å². The van der Waals surface area contributed by atoms with E-state index in [1.165, 1.54) is 14.2 Å². The number of rotatable bonds is 19. The number of ketones is 1. The molecule has 0 spiro atoms. The van der Waals surface area contributed by atoms with Gasteiger partial charge in [0.15, 0.2) is 5.78 Å². The summed E-state index contributed by atoms with van der Waals surface area (Å²) in [6, 6.07) is -1.35. The Kier molecular flexibility index (Phi) is 16.9. The first-order valence-electron chi connectivity index (χ1n) is 12.5. The van der Waals surface area contributed by atoms with Crippen LogP contribution in [0.2, 0.25) is 0 Å². The molecule has 3 N–H and O–H groups in total. The van der Waals surface area contributed by atoms with Crippen LogP contribution in [0.25, 0.3) is 0 Å². The number of carbonyl (C=O) groups excluding carboxylic acids is 4. The van der Waals surface area contributed by atoms with E-state index in [9.17, 15) is 19.2 Å². The molecule has 9 nitrogen and oxygen atoms in total. The molecule has 3 atom stereocenters. The predicted molar refractivity (Wildman–Crippen MR) is 137 cm³/mol. The van der Waals surface area contributed by atoms with Crippen molar-refractivity contribution in [2.75, 3.05) is 33.9 Å². The summed E-state index contributed by atoms with van der Waals surface area (Å²) in [6.45, 7) is 15.7. The molecule has 0 aliphatic rings. The molecule has 0 aliphatic heterocycles. The number of methoxy groups -OCH3 is 2. The number of carbonyl (C=O) groups is 4. The lowest BCUT2D eigenvalue weighted by Gasteiger charge is -2.19. The largest absolute Gasteiger partial charge is 0.468 e. The normalized spacial score (nSPS) is 13.7. The van der Waals surface area contributed by atoms with E-state index in [0.29, 0.717) is 43.5 Å². The standard InChI is InChI=1S/C26H47N3O6/c1-17(2)15-28-21(25(32)34-7)13-23(30)20(6)12-19(5)10-9-11-27-24(31)14-22(26(33)35-8)29-16-18(3)4/h17-19,21-22,28-29H,6,9-16H2,1-5,7-8H3,(H,27,31). The van der Waals surface area contributed by atoms with Crippen molar-refractivity contribution >= 4 is 23.6 Å². The van der Waals surface area contributed by atoms with E-state index in [4.69, 9.17) is 9.47 Å². The minimum Gasteiger partial charge on any atom is -0.468 e. The van der Waals surface area contributed by atoms with Gasteiger partial charge in [0, 0.05) is 13.0 Å². The van der Waals surface area contributed by atoms with Gasteiger partial charge < -0.3 is 25.4 Å². The third-order valence-electron chi connectivity index (χ3n) is 5.48. The van der Waals surface area contributed by atoms with Crippen LogP contribution < -0.4 is 16.0 Å². The van der Waals surface area contributed by atoms with Crippen molar-refractivity contribution in [1.29, 1.82) is 0 Å². The number of allylic oxidation sites excluding steroid dienone is 1. The third kappa shape index (κ3) is 15.4. The van der Waals surface area contributed by atoms with Crippen molar-refractivity contribution in [1.82, 2.24) is 16.0 Å². The van der Waals surface area contributed by atoms with Gasteiger partial charge in [-0.05, 0) is 55.7 Å².